The molecule has 0 bridgehead atoms. The Labute approximate surface area is 165 Å². The van der Waals surface area contributed by atoms with E-state index in [2.05, 4.69) is 34.3 Å². The van der Waals surface area contributed by atoms with E-state index in [0.717, 1.165) is 51.4 Å². The second-order valence-electron chi connectivity index (χ2n) is 6.53. The molecule has 0 aliphatic heterocycles. The number of methoxy groups -OCH3 is 3. The molecule has 2 aromatic carbocycles. The van der Waals surface area contributed by atoms with E-state index in [9.17, 15) is 0 Å². The van der Waals surface area contributed by atoms with Gasteiger partial charge in [-0.15, -0.1) is 0 Å². The number of hydrogen-bond donors (Lipinski definition) is 2. The number of nitrogens with one attached hydrogen (secondary N) is 1. The van der Waals surface area contributed by atoms with Crippen molar-refractivity contribution in [3.8, 4) is 17.2 Å². The minimum absolute atomic E-state index is 0.0650. The van der Waals surface area contributed by atoms with E-state index in [1.807, 2.05) is 25.2 Å². The van der Waals surface area contributed by atoms with E-state index in [-0.39, 0.29) is 6.61 Å². The zero-order chi connectivity index (χ0) is 20.1. The zero-order valence-corrected chi connectivity index (χ0v) is 16.8. The van der Waals surface area contributed by atoms with Gasteiger partial charge in [-0.25, -0.2) is 4.57 Å². The Balaban J connectivity index is 2.06. The molecule has 148 valence electrons. The number of aliphatic hydroxyl groups is 1. The number of aliphatic hydroxyl groups excluding tert-OH is 1. The minimum Gasteiger partial charge on any atom is -0.495 e. The predicted molar refractivity (Wildman–Crippen MR) is 110 cm³/mol. The van der Waals surface area contributed by atoms with Crippen LogP contribution in [0.3, 0.4) is 0 Å². The van der Waals surface area contributed by atoms with Gasteiger partial charge in [-0.05, 0) is 35.2 Å². The molecule has 0 fully saturated rings. The van der Waals surface area contributed by atoms with Gasteiger partial charge >= 0.3 is 0 Å². The SMILES string of the molecule is COc1cc2c(Cc3ccc(OC)c(OC)c3)[n+](C)ccc2cc1NCCO. The number of nitrogens with zero attached hydrogens (tertiary/aromatic N) is 1. The molecular formula is C22H27N2O4+. The number of aryl methyl sites for hydroxylation is 1. The van der Waals surface area contributed by atoms with Gasteiger partial charge in [0.2, 0.25) is 0 Å². The van der Waals surface area contributed by atoms with E-state index in [0.29, 0.717) is 6.54 Å². The molecule has 0 saturated heterocycles. The number of anilines is 1. The van der Waals surface area contributed by atoms with Gasteiger partial charge in [0, 0.05) is 12.6 Å². The van der Waals surface area contributed by atoms with Crippen LogP contribution in [0.5, 0.6) is 17.2 Å². The highest BCUT2D eigenvalue weighted by Crippen LogP contribution is 2.33. The van der Waals surface area contributed by atoms with Crippen molar-refractivity contribution in [1.82, 2.24) is 0 Å². The maximum absolute atomic E-state index is 9.10. The van der Waals surface area contributed by atoms with Crippen LogP contribution in [0.4, 0.5) is 5.69 Å². The summed E-state index contributed by atoms with van der Waals surface area (Å²) in [5.41, 5.74) is 3.16. The lowest BCUT2D eigenvalue weighted by Crippen LogP contribution is -2.33. The van der Waals surface area contributed by atoms with E-state index in [1.165, 1.54) is 0 Å². The summed E-state index contributed by atoms with van der Waals surface area (Å²) < 4.78 is 18.5. The standard InChI is InChI=1S/C22H26N2O4/c1-24-9-7-16-13-18(23-8-10-25)21(27-3)14-17(16)19(24)11-15-5-6-20(26-2)22(12-15)28-4/h5-7,9,12-14,25H,8,10-11H2,1-4H3/p+1. The first kappa shape index (κ1) is 19.8. The maximum atomic E-state index is 9.10. The highest BCUT2D eigenvalue weighted by molar-refractivity contribution is 5.89. The van der Waals surface area contributed by atoms with Gasteiger partial charge in [0.25, 0.3) is 0 Å². The lowest BCUT2D eigenvalue weighted by Gasteiger charge is -2.13. The van der Waals surface area contributed by atoms with E-state index in [4.69, 9.17) is 19.3 Å². The lowest BCUT2D eigenvalue weighted by atomic mass is 10.0. The summed E-state index contributed by atoms with van der Waals surface area (Å²) in [6, 6.07) is 12.2. The molecule has 6 nitrogen and oxygen atoms in total. The molecule has 6 heteroatoms. The second-order valence-corrected chi connectivity index (χ2v) is 6.53. The summed E-state index contributed by atoms with van der Waals surface area (Å²) in [7, 11) is 6.98. The third-order valence-corrected chi connectivity index (χ3v) is 4.83. The van der Waals surface area contributed by atoms with Crippen LogP contribution in [0.2, 0.25) is 0 Å². The Morgan fingerprint density at radius 1 is 0.929 bits per heavy atom. The molecule has 28 heavy (non-hydrogen) atoms. The Hall–Kier alpha value is -2.99. The van der Waals surface area contributed by atoms with Crippen molar-refractivity contribution in [2.24, 2.45) is 7.05 Å². The Morgan fingerprint density at radius 2 is 1.68 bits per heavy atom. The molecule has 0 aliphatic carbocycles. The van der Waals surface area contributed by atoms with Crippen molar-refractivity contribution in [2.75, 3.05) is 39.8 Å². The van der Waals surface area contributed by atoms with Crippen molar-refractivity contribution in [2.45, 2.75) is 6.42 Å². The molecule has 0 saturated carbocycles. The van der Waals surface area contributed by atoms with Gasteiger partial charge in [-0.3, -0.25) is 0 Å². The quantitative estimate of drug-likeness (QED) is 0.586. The smallest absolute Gasteiger partial charge is 0.193 e. The summed E-state index contributed by atoms with van der Waals surface area (Å²) in [6.45, 7) is 0.538. The van der Waals surface area contributed by atoms with Gasteiger partial charge < -0.3 is 24.6 Å². The predicted octanol–water partition coefficient (Wildman–Crippen LogP) is 2.69. The normalized spacial score (nSPS) is 10.8. The summed E-state index contributed by atoms with van der Waals surface area (Å²) in [5, 5.41) is 14.5. The van der Waals surface area contributed by atoms with E-state index < -0.39 is 0 Å². The fourth-order valence-electron chi connectivity index (χ4n) is 3.36. The van der Waals surface area contributed by atoms with Gasteiger partial charge in [0.15, 0.2) is 23.4 Å². The first-order chi connectivity index (χ1) is 13.6. The summed E-state index contributed by atoms with van der Waals surface area (Å²) in [5.74, 6) is 2.19. The topological polar surface area (TPSA) is 63.8 Å². The summed E-state index contributed by atoms with van der Waals surface area (Å²) >= 11 is 0. The van der Waals surface area contributed by atoms with Crippen molar-refractivity contribution < 1.29 is 23.9 Å². The number of ether oxygens (including phenoxy) is 3. The summed E-state index contributed by atoms with van der Waals surface area (Å²) in [6.07, 6.45) is 2.79. The molecule has 0 atom stereocenters. The van der Waals surface area contributed by atoms with Gasteiger partial charge in [-0.1, -0.05) is 6.07 Å². The average molecular weight is 383 g/mol. The van der Waals surface area contributed by atoms with Crippen LogP contribution in [0, 0.1) is 0 Å². The lowest BCUT2D eigenvalue weighted by molar-refractivity contribution is -0.677. The third kappa shape index (κ3) is 3.97. The maximum Gasteiger partial charge on any atom is 0.193 e. The van der Waals surface area contributed by atoms with Crippen molar-refractivity contribution in [3.63, 3.8) is 0 Å². The fraction of sp³-hybridized carbons (Fsp3) is 0.318. The highest BCUT2D eigenvalue weighted by atomic mass is 16.5. The van der Waals surface area contributed by atoms with Crippen molar-refractivity contribution >= 4 is 16.5 Å². The molecule has 0 unspecified atom stereocenters. The van der Waals surface area contributed by atoms with Crippen LogP contribution in [0.15, 0.2) is 42.6 Å². The Bertz CT molecular complexity index is 972. The first-order valence-corrected chi connectivity index (χ1v) is 9.16. The number of rotatable bonds is 8. The zero-order valence-electron chi connectivity index (χ0n) is 16.8. The van der Waals surface area contributed by atoms with E-state index in [1.54, 1.807) is 21.3 Å². The molecular weight excluding hydrogens is 356 g/mol. The van der Waals surface area contributed by atoms with Crippen LogP contribution in [-0.2, 0) is 13.5 Å². The van der Waals surface area contributed by atoms with Gasteiger partial charge in [-0.2, -0.15) is 0 Å². The van der Waals surface area contributed by atoms with Crippen molar-refractivity contribution in [3.05, 3.63) is 53.9 Å². The molecule has 0 spiro atoms. The molecule has 3 aromatic rings. The van der Waals surface area contributed by atoms with Crippen LogP contribution < -0.4 is 24.1 Å². The molecule has 1 aromatic heterocycles. The van der Waals surface area contributed by atoms with Crippen molar-refractivity contribution in [1.29, 1.82) is 0 Å². The Kier molecular flexibility index (Phi) is 6.21. The highest BCUT2D eigenvalue weighted by Gasteiger charge is 2.17. The number of hydrogen-bond acceptors (Lipinski definition) is 5. The molecule has 0 aliphatic rings. The molecule has 2 N–H and O–H groups in total. The second kappa shape index (κ2) is 8.80. The van der Waals surface area contributed by atoms with Crippen LogP contribution >= 0.6 is 0 Å². The molecule has 1 heterocycles. The first-order valence-electron chi connectivity index (χ1n) is 9.16. The number of pyridine rings is 1. The fourth-order valence-corrected chi connectivity index (χ4v) is 3.36. The molecule has 0 amide bonds. The molecule has 0 radical (unpaired) electrons. The van der Waals surface area contributed by atoms with Gasteiger partial charge in [0.05, 0.1) is 45.4 Å². The van der Waals surface area contributed by atoms with Gasteiger partial charge in [0.1, 0.15) is 12.8 Å². The van der Waals surface area contributed by atoms with E-state index >= 15 is 0 Å². The average Bonchev–Trinajstić information content (AvgIpc) is 2.73. The Morgan fingerprint density at radius 3 is 2.36 bits per heavy atom. The third-order valence-electron chi connectivity index (χ3n) is 4.83. The largest absolute Gasteiger partial charge is 0.495 e. The number of benzene rings is 2. The van der Waals surface area contributed by atoms with Crippen LogP contribution in [0.25, 0.3) is 10.8 Å². The monoisotopic (exact) mass is 383 g/mol. The number of aromatic nitrogens is 1. The number of fused-ring (bicyclic) bond motifs is 1. The minimum atomic E-state index is 0.0650. The van der Waals surface area contributed by atoms with Crippen LogP contribution in [-0.4, -0.2) is 39.6 Å². The molecule has 3 rings (SSSR count). The summed E-state index contributed by atoms with van der Waals surface area (Å²) in [4.78, 5) is 0. The van der Waals surface area contributed by atoms with Crippen LogP contribution in [0.1, 0.15) is 11.3 Å².